The first kappa shape index (κ1) is 14.9. The first-order valence-corrected chi connectivity index (χ1v) is 8.56. The molecule has 1 heterocycles. The Hall–Kier alpha value is -0.460. The molecule has 0 aliphatic carbocycles. The zero-order chi connectivity index (χ0) is 14.2. The van der Waals surface area contributed by atoms with Crippen LogP contribution in [0.5, 0.6) is 0 Å². The first-order valence-electron chi connectivity index (χ1n) is 6.32. The number of sulfonamides is 1. The minimum atomic E-state index is -3.77. The molecule has 1 aliphatic rings. The van der Waals surface area contributed by atoms with E-state index in [2.05, 4.69) is 15.9 Å². The van der Waals surface area contributed by atoms with Gasteiger partial charge in [0.1, 0.15) is 10.7 Å². The monoisotopic (exact) mass is 349 g/mol. The highest BCUT2D eigenvalue weighted by molar-refractivity contribution is 9.10. The summed E-state index contributed by atoms with van der Waals surface area (Å²) in [5.41, 5.74) is 0. The Balaban J connectivity index is 2.46. The first-order chi connectivity index (χ1) is 8.84. The summed E-state index contributed by atoms with van der Waals surface area (Å²) in [6.07, 6.45) is 2.65. The molecule has 6 heteroatoms. The molecule has 19 heavy (non-hydrogen) atoms. The Kier molecular flexibility index (Phi) is 4.32. The Bertz CT molecular complexity index is 566. The maximum Gasteiger partial charge on any atom is 0.246 e. The van der Waals surface area contributed by atoms with Gasteiger partial charge < -0.3 is 0 Å². The molecule has 1 saturated heterocycles. The molecular weight excluding hydrogens is 333 g/mol. The Morgan fingerprint density at radius 3 is 2.37 bits per heavy atom. The third-order valence-corrected chi connectivity index (χ3v) is 6.22. The van der Waals surface area contributed by atoms with Gasteiger partial charge in [-0.25, -0.2) is 12.8 Å². The molecule has 0 spiro atoms. The van der Waals surface area contributed by atoms with Crippen molar-refractivity contribution >= 4 is 26.0 Å². The molecule has 0 radical (unpaired) electrons. The van der Waals surface area contributed by atoms with Gasteiger partial charge in [0.25, 0.3) is 0 Å². The average Bonchev–Trinajstić information content (AvgIpc) is 2.27. The number of benzene rings is 1. The van der Waals surface area contributed by atoms with Crippen molar-refractivity contribution in [2.24, 2.45) is 0 Å². The maximum atomic E-state index is 13.9. The number of hydrogen-bond donors (Lipinski definition) is 0. The summed E-state index contributed by atoms with van der Waals surface area (Å²) < 4.78 is 41.1. The second-order valence-electron chi connectivity index (χ2n) is 5.04. The molecule has 2 rings (SSSR count). The second kappa shape index (κ2) is 5.50. The third kappa shape index (κ3) is 2.85. The lowest BCUT2D eigenvalue weighted by molar-refractivity contribution is 0.203. The van der Waals surface area contributed by atoms with Crippen LogP contribution in [0.25, 0.3) is 0 Å². The summed E-state index contributed by atoms with van der Waals surface area (Å²) >= 11 is 3.13. The molecule has 0 aromatic heterocycles. The van der Waals surface area contributed by atoms with Crippen LogP contribution in [0.4, 0.5) is 4.39 Å². The molecule has 2 atom stereocenters. The van der Waals surface area contributed by atoms with Gasteiger partial charge in [-0.15, -0.1) is 0 Å². The highest BCUT2D eigenvalue weighted by Crippen LogP contribution is 2.31. The molecular formula is C13H17BrFNO2S. The van der Waals surface area contributed by atoms with Crippen LogP contribution < -0.4 is 0 Å². The topological polar surface area (TPSA) is 37.4 Å². The van der Waals surface area contributed by atoms with Crippen molar-refractivity contribution in [1.82, 2.24) is 4.31 Å². The van der Waals surface area contributed by atoms with Crippen LogP contribution in [0, 0.1) is 5.82 Å². The van der Waals surface area contributed by atoms with Gasteiger partial charge in [-0.05, 0) is 44.9 Å². The normalized spacial score (nSPS) is 25.5. The predicted octanol–water partition coefficient (Wildman–Crippen LogP) is 3.54. The van der Waals surface area contributed by atoms with Crippen molar-refractivity contribution in [2.45, 2.75) is 50.1 Å². The summed E-state index contributed by atoms with van der Waals surface area (Å²) in [6, 6.07) is 3.89. The quantitative estimate of drug-likeness (QED) is 0.818. The molecule has 1 aliphatic heterocycles. The van der Waals surface area contributed by atoms with E-state index in [1.165, 1.54) is 16.4 Å². The van der Waals surface area contributed by atoms with E-state index in [1.54, 1.807) is 6.07 Å². The van der Waals surface area contributed by atoms with Crippen molar-refractivity contribution in [3.8, 4) is 0 Å². The van der Waals surface area contributed by atoms with Crippen LogP contribution in [-0.4, -0.2) is 24.8 Å². The minimum Gasteiger partial charge on any atom is -0.207 e. The molecule has 0 amide bonds. The summed E-state index contributed by atoms with van der Waals surface area (Å²) in [7, 11) is -3.77. The summed E-state index contributed by atoms with van der Waals surface area (Å²) in [6.45, 7) is 3.76. The summed E-state index contributed by atoms with van der Waals surface area (Å²) in [5.74, 6) is -0.709. The minimum absolute atomic E-state index is 0.0863. The highest BCUT2D eigenvalue weighted by Gasteiger charge is 2.36. The smallest absolute Gasteiger partial charge is 0.207 e. The molecule has 3 nitrogen and oxygen atoms in total. The van der Waals surface area contributed by atoms with E-state index in [0.29, 0.717) is 4.47 Å². The van der Waals surface area contributed by atoms with E-state index in [1.807, 2.05) is 13.8 Å². The second-order valence-corrected chi connectivity index (χ2v) is 7.77. The lowest BCUT2D eigenvalue weighted by Crippen LogP contribution is -2.47. The molecule has 0 bridgehead atoms. The Labute approximate surface area is 122 Å². The fourth-order valence-corrected chi connectivity index (χ4v) is 4.93. The highest BCUT2D eigenvalue weighted by atomic mass is 79.9. The van der Waals surface area contributed by atoms with Crippen molar-refractivity contribution in [3.63, 3.8) is 0 Å². The fourth-order valence-electron chi connectivity index (χ4n) is 2.67. The van der Waals surface area contributed by atoms with Gasteiger partial charge in [-0.1, -0.05) is 22.4 Å². The standard InChI is InChI=1S/C13H17BrFNO2S/c1-9-4-3-5-10(2)16(9)19(17,18)13-7-6-11(14)8-12(13)15/h6-10H,3-5H2,1-2H3/t9-,10+. The summed E-state index contributed by atoms with van der Waals surface area (Å²) in [4.78, 5) is -0.240. The largest absolute Gasteiger partial charge is 0.246 e. The fraction of sp³-hybridized carbons (Fsp3) is 0.538. The van der Waals surface area contributed by atoms with E-state index >= 15 is 0 Å². The van der Waals surface area contributed by atoms with Gasteiger partial charge in [-0.3, -0.25) is 0 Å². The molecule has 0 saturated carbocycles. The van der Waals surface area contributed by atoms with Gasteiger partial charge in [-0.2, -0.15) is 4.31 Å². The van der Waals surface area contributed by atoms with Gasteiger partial charge in [0, 0.05) is 16.6 Å². The van der Waals surface area contributed by atoms with Gasteiger partial charge >= 0.3 is 0 Å². The van der Waals surface area contributed by atoms with Crippen LogP contribution in [0.2, 0.25) is 0 Å². The van der Waals surface area contributed by atoms with Crippen LogP contribution in [-0.2, 0) is 10.0 Å². The van der Waals surface area contributed by atoms with Crippen LogP contribution >= 0.6 is 15.9 Å². The number of rotatable bonds is 2. The van der Waals surface area contributed by atoms with E-state index in [0.717, 1.165) is 19.3 Å². The lowest BCUT2D eigenvalue weighted by atomic mass is 10.0. The Morgan fingerprint density at radius 2 is 1.84 bits per heavy atom. The Morgan fingerprint density at radius 1 is 1.26 bits per heavy atom. The van der Waals surface area contributed by atoms with Gasteiger partial charge in [0.05, 0.1) is 0 Å². The molecule has 0 unspecified atom stereocenters. The van der Waals surface area contributed by atoms with Crippen LogP contribution in [0.15, 0.2) is 27.6 Å². The zero-order valence-corrected chi connectivity index (χ0v) is 13.3. The van der Waals surface area contributed by atoms with Crippen LogP contribution in [0.3, 0.4) is 0 Å². The molecule has 0 N–H and O–H groups in total. The van der Waals surface area contributed by atoms with E-state index < -0.39 is 15.8 Å². The predicted molar refractivity (Wildman–Crippen MR) is 75.9 cm³/mol. The summed E-state index contributed by atoms with van der Waals surface area (Å²) in [5, 5.41) is 0. The number of halogens is 2. The number of piperidine rings is 1. The number of nitrogens with zero attached hydrogens (tertiary/aromatic N) is 1. The van der Waals surface area contributed by atoms with Gasteiger partial charge in [0.15, 0.2) is 0 Å². The van der Waals surface area contributed by atoms with Crippen LogP contribution in [0.1, 0.15) is 33.1 Å². The van der Waals surface area contributed by atoms with Crippen molar-refractivity contribution in [2.75, 3.05) is 0 Å². The molecule has 1 aromatic carbocycles. The van der Waals surface area contributed by atoms with E-state index in [9.17, 15) is 12.8 Å². The third-order valence-electron chi connectivity index (χ3n) is 3.56. The van der Waals surface area contributed by atoms with Crippen molar-refractivity contribution < 1.29 is 12.8 Å². The van der Waals surface area contributed by atoms with E-state index in [4.69, 9.17) is 0 Å². The average molecular weight is 350 g/mol. The van der Waals surface area contributed by atoms with E-state index in [-0.39, 0.29) is 17.0 Å². The molecule has 106 valence electrons. The maximum absolute atomic E-state index is 13.9. The number of hydrogen-bond acceptors (Lipinski definition) is 2. The SMILES string of the molecule is C[C@@H]1CCC[C@H](C)N1S(=O)(=O)c1ccc(Br)cc1F. The van der Waals surface area contributed by atoms with Crippen molar-refractivity contribution in [1.29, 1.82) is 0 Å². The lowest BCUT2D eigenvalue weighted by Gasteiger charge is -2.37. The molecule has 1 fully saturated rings. The molecule has 1 aromatic rings. The van der Waals surface area contributed by atoms with Crippen molar-refractivity contribution in [3.05, 3.63) is 28.5 Å². The van der Waals surface area contributed by atoms with Gasteiger partial charge in [0.2, 0.25) is 10.0 Å². The zero-order valence-electron chi connectivity index (χ0n) is 10.9.